The second-order valence-corrected chi connectivity index (χ2v) is 15.8. The molecule has 2 bridgehead atoms. The van der Waals surface area contributed by atoms with Gasteiger partial charge in [0.1, 0.15) is 0 Å². The number of carbonyl (C=O) groups is 4. The van der Waals surface area contributed by atoms with E-state index in [0.717, 1.165) is 16.5 Å². The van der Waals surface area contributed by atoms with E-state index in [0.29, 0.717) is 44.9 Å². The molecule has 0 N–H and O–H groups in total. The summed E-state index contributed by atoms with van der Waals surface area (Å²) in [5.41, 5.74) is 3.95. The van der Waals surface area contributed by atoms with Gasteiger partial charge in [-0.1, -0.05) is 78.4 Å². The Bertz CT molecular complexity index is 1940. The van der Waals surface area contributed by atoms with Gasteiger partial charge >= 0.3 is 5.97 Å². The molecule has 0 spiro atoms. The van der Waals surface area contributed by atoms with Crippen molar-refractivity contribution < 1.29 is 23.9 Å². The topological polar surface area (TPSA) is 93.6 Å². The van der Waals surface area contributed by atoms with Crippen LogP contribution in [-0.2, 0) is 20.7 Å². The number of ether oxygens (including phenoxy) is 1. The predicted octanol–water partition coefficient (Wildman–Crippen LogP) is 8.59. The van der Waals surface area contributed by atoms with Gasteiger partial charge < -0.3 is 4.74 Å². The number of fused-ring (bicyclic) bond motifs is 6. The van der Waals surface area contributed by atoms with Gasteiger partial charge in [0.05, 0.1) is 34.3 Å². The molecule has 7 atom stereocenters. The molecule has 1 saturated heterocycles. The average molecular weight is 844 g/mol. The van der Waals surface area contributed by atoms with Crippen molar-refractivity contribution in [1.82, 2.24) is 4.98 Å². The van der Waals surface area contributed by atoms with Gasteiger partial charge in [0.15, 0.2) is 6.10 Å². The molecule has 3 fully saturated rings. The van der Waals surface area contributed by atoms with Gasteiger partial charge in [0, 0.05) is 35.7 Å². The minimum absolute atomic E-state index is 0.132. The maximum absolute atomic E-state index is 13.7. The highest BCUT2D eigenvalue weighted by molar-refractivity contribution is 9.12. The molecule has 0 radical (unpaired) electrons. The number of benzene rings is 3. The SMILES string of the molecule is CCc1cc(Br)cc2c(C(=O)OC(C)C(=O)c3ccc(Cl)cc3)cc(-c3ccc(N4C(=O)C5C6CC(C(Br)C6Br)C5C4=O)cc3)nc12. The van der Waals surface area contributed by atoms with Gasteiger partial charge in [-0.25, -0.2) is 9.78 Å². The third kappa shape index (κ3) is 5.49. The van der Waals surface area contributed by atoms with Gasteiger partial charge in [-0.15, -0.1) is 0 Å². The van der Waals surface area contributed by atoms with Crippen LogP contribution in [0.3, 0.4) is 0 Å². The van der Waals surface area contributed by atoms with Crippen LogP contribution in [0.5, 0.6) is 0 Å². The number of ketones is 1. The predicted molar refractivity (Wildman–Crippen MR) is 191 cm³/mol. The molecule has 2 saturated carbocycles. The lowest BCUT2D eigenvalue weighted by Gasteiger charge is -2.28. The normalized spacial score (nSPS) is 25.4. The summed E-state index contributed by atoms with van der Waals surface area (Å²) < 4.78 is 6.51. The molecule has 2 heterocycles. The second kappa shape index (κ2) is 12.5. The van der Waals surface area contributed by atoms with E-state index in [1.165, 1.54) is 4.90 Å². The van der Waals surface area contributed by atoms with Gasteiger partial charge in [0.25, 0.3) is 0 Å². The Hall–Kier alpha value is -2.92. The lowest BCUT2D eigenvalue weighted by atomic mass is 9.81. The number of amides is 2. The molecule has 1 aliphatic heterocycles. The zero-order valence-electron chi connectivity index (χ0n) is 25.3. The lowest BCUT2D eigenvalue weighted by Crippen LogP contribution is -2.37. The van der Waals surface area contributed by atoms with Crippen LogP contribution in [-0.4, -0.2) is 44.3 Å². The zero-order chi connectivity index (χ0) is 33.3. The van der Waals surface area contributed by atoms with E-state index in [4.69, 9.17) is 21.3 Å². The summed E-state index contributed by atoms with van der Waals surface area (Å²) in [4.78, 5) is 60.5. The number of nitrogens with zero attached hydrogens (tertiary/aromatic N) is 2. The fraction of sp³-hybridized carbons (Fsp3) is 0.306. The molecule has 240 valence electrons. The number of anilines is 1. The number of aromatic nitrogens is 1. The fourth-order valence-electron chi connectivity index (χ4n) is 7.46. The summed E-state index contributed by atoms with van der Waals surface area (Å²) in [6.45, 7) is 3.55. The first-order valence-electron chi connectivity index (χ1n) is 15.4. The largest absolute Gasteiger partial charge is 0.451 e. The molecular weight excluding hydrogens is 816 g/mol. The number of Topliss-reactive ketones (excluding diaryl/α,β-unsaturated/α-hetero) is 1. The van der Waals surface area contributed by atoms with Crippen molar-refractivity contribution in [2.75, 3.05) is 4.90 Å². The van der Waals surface area contributed by atoms with Crippen molar-refractivity contribution in [3.8, 4) is 11.3 Å². The highest BCUT2D eigenvalue weighted by atomic mass is 79.9. The molecule has 2 amide bonds. The summed E-state index contributed by atoms with van der Waals surface area (Å²) in [6.07, 6.45) is 0.491. The molecule has 3 aliphatic rings. The van der Waals surface area contributed by atoms with Crippen LogP contribution in [0, 0.1) is 23.7 Å². The van der Waals surface area contributed by atoms with Crippen LogP contribution < -0.4 is 4.90 Å². The summed E-state index contributed by atoms with van der Waals surface area (Å²) in [5.74, 6) is -1.63. The number of pyridine rings is 1. The molecule has 7 nitrogen and oxygen atoms in total. The minimum Gasteiger partial charge on any atom is -0.451 e. The fourth-order valence-corrected chi connectivity index (χ4v) is 9.96. The van der Waals surface area contributed by atoms with Crippen LogP contribution in [0.2, 0.25) is 5.02 Å². The summed E-state index contributed by atoms with van der Waals surface area (Å²) in [6, 6.07) is 19.0. The van der Waals surface area contributed by atoms with E-state index in [1.54, 1.807) is 61.5 Å². The Kier molecular flexibility index (Phi) is 8.68. The highest BCUT2D eigenvalue weighted by Gasteiger charge is 2.66. The number of alkyl halides is 2. The van der Waals surface area contributed by atoms with Gasteiger partial charge in [-0.05, 0) is 91.8 Å². The van der Waals surface area contributed by atoms with E-state index >= 15 is 0 Å². The van der Waals surface area contributed by atoms with Crippen molar-refractivity contribution in [2.24, 2.45) is 23.7 Å². The molecule has 1 aromatic heterocycles. The number of halogens is 4. The number of esters is 1. The monoisotopic (exact) mass is 840 g/mol. The molecule has 47 heavy (non-hydrogen) atoms. The number of aryl methyl sites for hydroxylation is 1. The third-order valence-corrected chi connectivity index (χ3v) is 13.7. The number of hydrogen-bond acceptors (Lipinski definition) is 6. The van der Waals surface area contributed by atoms with Crippen LogP contribution in [0.25, 0.3) is 22.2 Å². The van der Waals surface area contributed by atoms with Crippen LogP contribution >= 0.6 is 59.4 Å². The van der Waals surface area contributed by atoms with Crippen LogP contribution in [0.1, 0.15) is 46.5 Å². The zero-order valence-corrected chi connectivity index (χ0v) is 30.8. The maximum Gasteiger partial charge on any atom is 0.339 e. The molecular formula is C36H28Br3ClN2O5. The first-order chi connectivity index (χ1) is 22.5. The quantitative estimate of drug-likeness (QED) is 0.0802. The first kappa shape index (κ1) is 32.6. The summed E-state index contributed by atoms with van der Waals surface area (Å²) >= 11 is 17.0. The molecule has 7 rings (SSSR count). The van der Waals surface area contributed by atoms with Crippen molar-refractivity contribution in [1.29, 1.82) is 0 Å². The van der Waals surface area contributed by atoms with E-state index in [-0.39, 0.29) is 56.5 Å². The Balaban J connectivity index is 1.21. The van der Waals surface area contributed by atoms with Gasteiger partial charge in [-0.2, -0.15) is 0 Å². The van der Waals surface area contributed by atoms with Gasteiger partial charge in [0.2, 0.25) is 17.6 Å². The van der Waals surface area contributed by atoms with Crippen molar-refractivity contribution in [3.05, 3.63) is 92.9 Å². The van der Waals surface area contributed by atoms with Crippen LogP contribution in [0.15, 0.2) is 71.2 Å². The Morgan fingerprint density at radius 1 is 0.957 bits per heavy atom. The molecule has 4 aromatic rings. The minimum atomic E-state index is -1.04. The maximum atomic E-state index is 13.7. The highest BCUT2D eigenvalue weighted by Crippen LogP contribution is 2.60. The smallest absolute Gasteiger partial charge is 0.339 e. The first-order valence-corrected chi connectivity index (χ1v) is 18.4. The Labute approximate surface area is 301 Å². The third-order valence-electron chi connectivity index (χ3n) is 9.75. The average Bonchev–Trinajstić information content (AvgIpc) is 3.68. The lowest BCUT2D eigenvalue weighted by molar-refractivity contribution is -0.123. The Morgan fingerprint density at radius 2 is 1.57 bits per heavy atom. The van der Waals surface area contributed by atoms with Crippen molar-refractivity contribution in [2.45, 2.75) is 42.4 Å². The molecule has 2 aliphatic carbocycles. The molecule has 3 aromatic carbocycles. The van der Waals surface area contributed by atoms with Crippen molar-refractivity contribution in [3.63, 3.8) is 0 Å². The van der Waals surface area contributed by atoms with Gasteiger partial charge in [-0.3, -0.25) is 19.3 Å². The second-order valence-electron chi connectivity index (χ2n) is 12.4. The number of rotatable bonds is 7. The van der Waals surface area contributed by atoms with E-state index in [9.17, 15) is 19.2 Å². The van der Waals surface area contributed by atoms with Crippen molar-refractivity contribution >= 4 is 99.5 Å². The summed E-state index contributed by atoms with van der Waals surface area (Å²) in [5, 5.41) is 1.10. The van der Waals surface area contributed by atoms with E-state index in [2.05, 4.69) is 47.8 Å². The molecule has 7 unspecified atom stereocenters. The number of carbonyl (C=O) groups excluding carboxylic acids is 4. The standard InChI is InChI=1S/C36H28Br3ClN2O5/c1-3-17-12-20(37)13-23-24(36(46)47-16(2)33(43)19-4-8-21(40)9-5-19)15-27(41-32(17)23)18-6-10-22(11-7-18)42-34(44)28-25-14-26(29(28)35(42)45)31(39)30(25)38/h4-13,15-16,25-26,28-31H,3,14H2,1-2H3. The molecule has 11 heteroatoms. The number of imide groups is 1. The summed E-state index contributed by atoms with van der Waals surface area (Å²) in [7, 11) is 0. The van der Waals surface area contributed by atoms with E-state index < -0.39 is 12.1 Å². The van der Waals surface area contributed by atoms with E-state index in [1.807, 2.05) is 19.1 Å². The number of hydrogen-bond donors (Lipinski definition) is 0. The van der Waals surface area contributed by atoms with Crippen LogP contribution in [0.4, 0.5) is 5.69 Å². The Morgan fingerprint density at radius 3 is 2.17 bits per heavy atom.